The first-order valence-corrected chi connectivity index (χ1v) is 7.19. The van der Waals surface area contributed by atoms with Gasteiger partial charge in [0.05, 0.1) is 11.2 Å². The fourth-order valence-corrected chi connectivity index (χ4v) is 3.38. The first kappa shape index (κ1) is 13.1. The molecule has 0 spiro atoms. The van der Waals surface area contributed by atoms with Crippen LogP contribution in [0.2, 0.25) is 0 Å². The van der Waals surface area contributed by atoms with Crippen LogP contribution in [0.1, 0.15) is 71.1 Å². The van der Waals surface area contributed by atoms with Gasteiger partial charge in [-0.15, -0.1) is 0 Å². The minimum absolute atomic E-state index is 0.634. The smallest absolute Gasteiger partial charge is 0.0855 e. The summed E-state index contributed by atoms with van der Waals surface area (Å²) in [5, 5.41) is 21.1. The average molecular weight is 238 g/mol. The van der Waals surface area contributed by atoms with Crippen molar-refractivity contribution < 1.29 is 10.2 Å². The minimum atomic E-state index is -0.643. The molecule has 2 rings (SSSR count). The molecule has 0 amide bonds. The van der Waals surface area contributed by atoms with E-state index in [4.69, 9.17) is 0 Å². The Hall–Kier alpha value is -0.340. The van der Waals surface area contributed by atoms with Crippen LogP contribution >= 0.6 is 0 Å². The first-order chi connectivity index (χ1) is 8.04. The number of hydrogen-bond acceptors (Lipinski definition) is 2. The van der Waals surface area contributed by atoms with Gasteiger partial charge in [0.15, 0.2) is 0 Å². The van der Waals surface area contributed by atoms with Gasteiger partial charge in [-0.25, -0.2) is 0 Å². The second-order valence-corrected chi connectivity index (χ2v) is 6.08. The lowest BCUT2D eigenvalue weighted by atomic mass is 9.76. The Morgan fingerprint density at radius 2 is 1.29 bits per heavy atom. The summed E-state index contributed by atoms with van der Waals surface area (Å²) in [6, 6.07) is 0. The van der Waals surface area contributed by atoms with E-state index in [9.17, 15) is 10.2 Å². The van der Waals surface area contributed by atoms with Gasteiger partial charge < -0.3 is 10.2 Å². The molecule has 2 aliphatic carbocycles. The van der Waals surface area contributed by atoms with Crippen molar-refractivity contribution >= 4 is 0 Å². The fraction of sp³-hybridized carbons (Fsp3) is 0.867. The molecule has 0 radical (unpaired) electrons. The van der Waals surface area contributed by atoms with Gasteiger partial charge in [0.2, 0.25) is 0 Å². The molecular weight excluding hydrogens is 212 g/mol. The lowest BCUT2D eigenvalue weighted by Crippen LogP contribution is -2.36. The number of hydrogen-bond donors (Lipinski definition) is 2. The van der Waals surface area contributed by atoms with Crippen molar-refractivity contribution in [3.05, 3.63) is 11.6 Å². The molecule has 2 N–H and O–H groups in total. The summed E-state index contributed by atoms with van der Waals surface area (Å²) in [5.74, 6) is 0. The standard InChI is InChI=1S/C15H26O2/c1-13(15(17)10-6-3-7-11-15)12-14(16)8-4-2-5-9-14/h12,16-17H,2-11H2,1H3. The summed E-state index contributed by atoms with van der Waals surface area (Å²) in [5.41, 5.74) is -0.275. The third-order valence-electron chi connectivity index (χ3n) is 4.62. The normalized spacial score (nSPS) is 29.0. The molecule has 0 bridgehead atoms. The van der Waals surface area contributed by atoms with Crippen molar-refractivity contribution in [1.29, 1.82) is 0 Å². The predicted octanol–water partition coefficient (Wildman–Crippen LogP) is 3.32. The van der Waals surface area contributed by atoms with Gasteiger partial charge in [0, 0.05) is 0 Å². The molecule has 2 saturated carbocycles. The Morgan fingerprint density at radius 1 is 0.824 bits per heavy atom. The monoisotopic (exact) mass is 238 g/mol. The molecule has 2 heteroatoms. The average Bonchev–Trinajstić information content (AvgIpc) is 2.30. The third kappa shape index (κ3) is 3.11. The Labute approximate surface area is 105 Å². The van der Waals surface area contributed by atoms with Gasteiger partial charge in [-0.2, -0.15) is 0 Å². The van der Waals surface area contributed by atoms with E-state index in [1.165, 1.54) is 12.8 Å². The van der Waals surface area contributed by atoms with Crippen LogP contribution in [0.4, 0.5) is 0 Å². The second kappa shape index (κ2) is 5.11. The summed E-state index contributed by atoms with van der Waals surface area (Å²) in [6.45, 7) is 2.00. The summed E-state index contributed by atoms with van der Waals surface area (Å²) >= 11 is 0. The zero-order valence-electron chi connectivity index (χ0n) is 11.0. The maximum Gasteiger partial charge on any atom is 0.0855 e. The lowest BCUT2D eigenvalue weighted by molar-refractivity contribution is 0.0253. The van der Waals surface area contributed by atoms with Crippen molar-refractivity contribution in [2.24, 2.45) is 0 Å². The highest BCUT2D eigenvalue weighted by Gasteiger charge is 2.34. The second-order valence-electron chi connectivity index (χ2n) is 6.08. The summed E-state index contributed by atoms with van der Waals surface area (Å²) in [4.78, 5) is 0. The van der Waals surface area contributed by atoms with Gasteiger partial charge in [-0.1, -0.05) is 44.6 Å². The van der Waals surface area contributed by atoms with Crippen molar-refractivity contribution in [3.8, 4) is 0 Å². The largest absolute Gasteiger partial charge is 0.386 e. The van der Waals surface area contributed by atoms with E-state index in [1.54, 1.807) is 0 Å². The maximum atomic E-state index is 10.6. The molecule has 17 heavy (non-hydrogen) atoms. The van der Waals surface area contributed by atoms with Crippen LogP contribution in [0.3, 0.4) is 0 Å². The third-order valence-corrected chi connectivity index (χ3v) is 4.62. The summed E-state index contributed by atoms with van der Waals surface area (Å²) in [7, 11) is 0. The van der Waals surface area contributed by atoms with Gasteiger partial charge in [0.25, 0.3) is 0 Å². The molecule has 98 valence electrons. The molecule has 0 aromatic carbocycles. The highest BCUT2D eigenvalue weighted by Crippen LogP contribution is 2.37. The van der Waals surface area contributed by atoms with Gasteiger partial charge >= 0.3 is 0 Å². The SMILES string of the molecule is CC(=CC1(O)CCCCC1)C1(O)CCCCC1. The van der Waals surface area contributed by atoms with Crippen molar-refractivity contribution in [1.82, 2.24) is 0 Å². The molecule has 2 aliphatic rings. The molecule has 0 aliphatic heterocycles. The lowest BCUT2D eigenvalue weighted by Gasteiger charge is -2.36. The van der Waals surface area contributed by atoms with E-state index in [1.807, 2.05) is 13.0 Å². The molecule has 0 unspecified atom stereocenters. The zero-order chi connectivity index (χ0) is 12.4. The van der Waals surface area contributed by atoms with Gasteiger partial charge in [-0.05, 0) is 38.2 Å². The maximum absolute atomic E-state index is 10.6. The highest BCUT2D eigenvalue weighted by atomic mass is 16.3. The Bertz CT molecular complexity index is 281. The van der Waals surface area contributed by atoms with E-state index in [0.29, 0.717) is 0 Å². The zero-order valence-corrected chi connectivity index (χ0v) is 11.0. The van der Waals surface area contributed by atoms with Crippen LogP contribution in [0.25, 0.3) is 0 Å². The first-order valence-electron chi connectivity index (χ1n) is 7.19. The fourth-order valence-electron chi connectivity index (χ4n) is 3.38. The number of aliphatic hydroxyl groups is 2. The Balaban J connectivity index is 2.08. The van der Waals surface area contributed by atoms with E-state index in [-0.39, 0.29) is 0 Å². The van der Waals surface area contributed by atoms with Crippen LogP contribution in [0.5, 0.6) is 0 Å². The molecule has 0 aromatic heterocycles. The van der Waals surface area contributed by atoms with Crippen molar-refractivity contribution in [3.63, 3.8) is 0 Å². The van der Waals surface area contributed by atoms with Crippen molar-refractivity contribution in [2.75, 3.05) is 0 Å². The Kier molecular flexibility index (Phi) is 3.94. The molecule has 0 saturated heterocycles. The van der Waals surface area contributed by atoms with E-state index < -0.39 is 11.2 Å². The van der Waals surface area contributed by atoms with Gasteiger partial charge in [0.1, 0.15) is 0 Å². The van der Waals surface area contributed by atoms with Gasteiger partial charge in [-0.3, -0.25) is 0 Å². The van der Waals surface area contributed by atoms with Crippen LogP contribution < -0.4 is 0 Å². The van der Waals surface area contributed by atoms with Crippen LogP contribution in [-0.4, -0.2) is 21.4 Å². The van der Waals surface area contributed by atoms with E-state index >= 15 is 0 Å². The molecule has 0 aromatic rings. The minimum Gasteiger partial charge on any atom is -0.386 e. The summed E-state index contributed by atoms with van der Waals surface area (Å²) < 4.78 is 0. The quantitative estimate of drug-likeness (QED) is 0.724. The topological polar surface area (TPSA) is 40.5 Å². The molecule has 2 nitrogen and oxygen atoms in total. The van der Waals surface area contributed by atoms with Crippen LogP contribution in [0, 0.1) is 0 Å². The van der Waals surface area contributed by atoms with Crippen LogP contribution in [-0.2, 0) is 0 Å². The number of rotatable bonds is 2. The Morgan fingerprint density at radius 3 is 1.82 bits per heavy atom. The summed E-state index contributed by atoms with van der Waals surface area (Å²) in [6.07, 6.45) is 12.3. The van der Waals surface area contributed by atoms with E-state index in [2.05, 4.69) is 0 Å². The molecule has 2 fully saturated rings. The predicted molar refractivity (Wildman–Crippen MR) is 69.8 cm³/mol. The molecule has 0 atom stereocenters. The van der Waals surface area contributed by atoms with Crippen molar-refractivity contribution in [2.45, 2.75) is 82.3 Å². The molecule has 0 heterocycles. The highest BCUT2D eigenvalue weighted by molar-refractivity contribution is 5.20. The molecular formula is C15H26O2. The van der Waals surface area contributed by atoms with Crippen LogP contribution in [0.15, 0.2) is 11.6 Å². The van der Waals surface area contributed by atoms with E-state index in [0.717, 1.165) is 56.9 Å².